The molecule has 0 radical (unpaired) electrons. The van der Waals surface area contributed by atoms with Gasteiger partial charge in [0, 0.05) is 12.2 Å². The zero-order chi connectivity index (χ0) is 30.9. The zero-order valence-corrected chi connectivity index (χ0v) is 24.0. The topological polar surface area (TPSA) is 111 Å². The molecule has 0 unspecified atom stereocenters. The number of anilines is 1. The Balaban J connectivity index is 1.64. The van der Waals surface area contributed by atoms with Gasteiger partial charge in [0.2, 0.25) is 17.6 Å². The number of halogens is 4. The molecule has 5 rings (SSSR count). The summed E-state index contributed by atoms with van der Waals surface area (Å²) >= 11 is 6.07. The molecule has 0 spiro atoms. The van der Waals surface area contributed by atoms with Crippen molar-refractivity contribution in [2.45, 2.75) is 45.3 Å². The van der Waals surface area contributed by atoms with Crippen LogP contribution in [0.1, 0.15) is 48.8 Å². The molecule has 2 aliphatic rings. The van der Waals surface area contributed by atoms with Crippen LogP contribution in [0.5, 0.6) is 0 Å². The number of nitrogens with one attached hydrogen (secondary N) is 1. The molecule has 10 nitrogen and oxygen atoms in total. The number of carbonyl (C=O) groups is 2. The van der Waals surface area contributed by atoms with Crippen LogP contribution >= 0.6 is 11.6 Å². The Morgan fingerprint density at radius 1 is 1.26 bits per heavy atom. The third-order valence-corrected chi connectivity index (χ3v) is 7.53. The van der Waals surface area contributed by atoms with Crippen LogP contribution in [0.3, 0.4) is 0 Å². The second kappa shape index (κ2) is 12.2. The van der Waals surface area contributed by atoms with Gasteiger partial charge in [-0.15, -0.1) is 5.10 Å². The Morgan fingerprint density at radius 3 is 2.70 bits per heavy atom. The Hall–Kier alpha value is -4.23. The van der Waals surface area contributed by atoms with Gasteiger partial charge in [0.15, 0.2) is 5.82 Å². The van der Waals surface area contributed by atoms with Gasteiger partial charge in [-0.2, -0.15) is 22.7 Å². The molecule has 1 N–H and O–H groups in total. The summed E-state index contributed by atoms with van der Waals surface area (Å²) in [5, 5.41) is 6.77. The van der Waals surface area contributed by atoms with E-state index in [1.807, 2.05) is 6.08 Å². The molecule has 3 aromatic rings. The number of aromatic nitrogens is 4. The minimum Gasteiger partial charge on any atom is -0.377 e. The van der Waals surface area contributed by atoms with Crippen LogP contribution in [0.15, 0.2) is 47.8 Å². The second-order valence-electron chi connectivity index (χ2n) is 9.93. The van der Waals surface area contributed by atoms with Crippen molar-refractivity contribution in [2.24, 2.45) is 0 Å². The maximum absolute atomic E-state index is 14.0. The third-order valence-electron chi connectivity index (χ3n) is 7.22. The van der Waals surface area contributed by atoms with Gasteiger partial charge < -0.3 is 19.5 Å². The summed E-state index contributed by atoms with van der Waals surface area (Å²) in [6.07, 6.45) is 2.33. The molecule has 1 aromatic carbocycles. The molecule has 2 aromatic heterocycles. The summed E-state index contributed by atoms with van der Waals surface area (Å²) in [6, 6.07) is 2.63. The normalized spacial score (nSPS) is 15.7. The number of fused-ring (bicyclic) bond motifs is 1. The van der Waals surface area contributed by atoms with E-state index in [0.29, 0.717) is 56.2 Å². The summed E-state index contributed by atoms with van der Waals surface area (Å²) < 4.78 is 47.4. The van der Waals surface area contributed by atoms with E-state index >= 15 is 0 Å². The number of hydrogen-bond acceptors (Lipinski definition) is 6. The fourth-order valence-electron chi connectivity index (χ4n) is 5.18. The average molecular weight is 617 g/mol. The van der Waals surface area contributed by atoms with Crippen molar-refractivity contribution < 1.29 is 27.5 Å². The first-order valence-corrected chi connectivity index (χ1v) is 14.0. The van der Waals surface area contributed by atoms with Gasteiger partial charge in [0.25, 0.3) is 5.56 Å². The van der Waals surface area contributed by atoms with Crippen LogP contribution in [0.25, 0.3) is 17.0 Å². The van der Waals surface area contributed by atoms with Crippen molar-refractivity contribution >= 4 is 46.2 Å². The first-order chi connectivity index (χ1) is 20.5. The number of rotatable bonds is 7. The highest BCUT2D eigenvalue weighted by molar-refractivity contribution is 6.33. The Morgan fingerprint density at radius 2 is 2.05 bits per heavy atom. The number of ether oxygens (including phenoxy) is 1. The lowest BCUT2D eigenvalue weighted by molar-refractivity contribution is -0.137. The molecular formula is C29H28ClF3N6O4. The second-order valence-corrected chi connectivity index (χ2v) is 10.3. The Bertz CT molecular complexity index is 1740. The monoisotopic (exact) mass is 616 g/mol. The molecule has 2 amide bonds. The Kier molecular flexibility index (Phi) is 8.56. The molecule has 4 heterocycles. The van der Waals surface area contributed by atoms with Crippen LogP contribution in [0.2, 0.25) is 5.02 Å². The molecule has 0 saturated carbocycles. The molecule has 0 aliphatic carbocycles. The standard InChI is InChI=1S/C29H28ClF3N6O4/c1-3-21-25(22-7-5-6-12-37(22)24(41)4-2)27(42)39-28(35-26(36-39)17-10-13-43-14-11-17)38(21)16-23(40)34-20-9-8-18(15-19(20)30)29(31,32)33/h4,7-10,15H,2-3,5-6,11-14,16H2,1H3,(H,34,40). The molecule has 43 heavy (non-hydrogen) atoms. The largest absolute Gasteiger partial charge is 0.416 e. The predicted molar refractivity (Wildman–Crippen MR) is 154 cm³/mol. The number of benzene rings is 1. The molecule has 0 fully saturated rings. The number of nitrogens with zero attached hydrogens (tertiary/aromatic N) is 5. The average Bonchev–Trinajstić information content (AvgIpc) is 3.45. The summed E-state index contributed by atoms with van der Waals surface area (Å²) in [4.78, 5) is 46.3. The van der Waals surface area contributed by atoms with E-state index in [1.165, 1.54) is 15.5 Å². The number of amides is 2. The van der Waals surface area contributed by atoms with Gasteiger partial charge in [0.1, 0.15) is 6.54 Å². The highest BCUT2D eigenvalue weighted by Gasteiger charge is 2.32. The lowest BCUT2D eigenvalue weighted by atomic mass is 10.0. The van der Waals surface area contributed by atoms with Crippen molar-refractivity contribution in [3.8, 4) is 0 Å². The van der Waals surface area contributed by atoms with Gasteiger partial charge in [-0.1, -0.05) is 37.3 Å². The zero-order valence-electron chi connectivity index (χ0n) is 23.2. The third kappa shape index (κ3) is 6.00. The fraction of sp³-hybridized carbons (Fsp3) is 0.345. The van der Waals surface area contributed by atoms with Crippen molar-refractivity contribution in [3.63, 3.8) is 0 Å². The SMILES string of the molecule is C=CC(=O)N1CCCC=C1c1c(CC)n(CC(=O)Nc2ccc(C(F)(F)F)cc2Cl)c2nc(C3=CCOCC3)nn2c1=O. The van der Waals surface area contributed by atoms with Gasteiger partial charge in [-0.05, 0) is 55.5 Å². The van der Waals surface area contributed by atoms with E-state index in [1.54, 1.807) is 13.0 Å². The maximum Gasteiger partial charge on any atom is 0.416 e. The van der Waals surface area contributed by atoms with Crippen molar-refractivity contribution in [3.05, 3.63) is 81.0 Å². The van der Waals surface area contributed by atoms with E-state index in [-0.39, 0.29) is 40.9 Å². The van der Waals surface area contributed by atoms with Crippen LogP contribution in [0.4, 0.5) is 18.9 Å². The quantitative estimate of drug-likeness (QED) is 0.385. The maximum atomic E-state index is 14.0. The molecule has 226 valence electrons. The first kappa shape index (κ1) is 30.2. The van der Waals surface area contributed by atoms with E-state index in [9.17, 15) is 27.6 Å². The van der Waals surface area contributed by atoms with E-state index in [0.717, 1.165) is 28.3 Å². The predicted octanol–water partition coefficient (Wildman–Crippen LogP) is 4.72. The Labute approximate surface area is 249 Å². The first-order valence-electron chi connectivity index (χ1n) is 13.6. The molecule has 2 aliphatic heterocycles. The summed E-state index contributed by atoms with van der Waals surface area (Å²) in [5.41, 5.74) is 0.332. The molecule has 0 bridgehead atoms. The summed E-state index contributed by atoms with van der Waals surface area (Å²) in [7, 11) is 0. The molecular weight excluding hydrogens is 589 g/mol. The smallest absolute Gasteiger partial charge is 0.377 e. The van der Waals surface area contributed by atoms with Crippen molar-refractivity contribution in [1.29, 1.82) is 0 Å². The highest BCUT2D eigenvalue weighted by atomic mass is 35.5. The van der Waals surface area contributed by atoms with Crippen LogP contribution < -0.4 is 10.9 Å². The minimum absolute atomic E-state index is 0.0118. The fourth-order valence-corrected chi connectivity index (χ4v) is 5.41. The summed E-state index contributed by atoms with van der Waals surface area (Å²) in [6.45, 7) is 6.21. The van der Waals surface area contributed by atoms with Gasteiger partial charge in [-0.25, -0.2) is 0 Å². The van der Waals surface area contributed by atoms with Crippen LogP contribution in [-0.2, 0) is 33.5 Å². The van der Waals surface area contributed by atoms with E-state index in [2.05, 4.69) is 22.0 Å². The molecule has 14 heteroatoms. The number of carbonyl (C=O) groups excluding carboxylic acids is 2. The number of allylic oxidation sites excluding steroid dienone is 1. The molecule has 0 saturated heterocycles. The van der Waals surface area contributed by atoms with Crippen LogP contribution in [0, 0.1) is 0 Å². The minimum atomic E-state index is -4.60. The van der Waals surface area contributed by atoms with Crippen molar-refractivity contribution in [1.82, 2.24) is 24.1 Å². The lowest BCUT2D eigenvalue weighted by Gasteiger charge is -2.29. The van der Waals surface area contributed by atoms with Gasteiger partial charge in [0.05, 0.1) is 40.7 Å². The van der Waals surface area contributed by atoms with Gasteiger partial charge >= 0.3 is 6.18 Å². The lowest BCUT2D eigenvalue weighted by Crippen LogP contribution is -2.37. The van der Waals surface area contributed by atoms with Crippen LogP contribution in [-0.4, -0.2) is 55.6 Å². The summed E-state index contributed by atoms with van der Waals surface area (Å²) in [5.74, 6) is -0.601. The van der Waals surface area contributed by atoms with Crippen molar-refractivity contribution in [2.75, 3.05) is 25.1 Å². The number of alkyl halides is 3. The van der Waals surface area contributed by atoms with E-state index < -0.39 is 23.2 Å². The van der Waals surface area contributed by atoms with Gasteiger partial charge in [-0.3, -0.25) is 14.4 Å². The number of hydrogen-bond donors (Lipinski definition) is 1. The molecule has 0 atom stereocenters. The highest BCUT2D eigenvalue weighted by Crippen LogP contribution is 2.34. The van der Waals surface area contributed by atoms with E-state index in [4.69, 9.17) is 16.3 Å².